The monoisotopic (exact) mass is 348 g/mol. The molecular formula is C18H32N6O. The molecule has 1 saturated heterocycles. The van der Waals surface area contributed by atoms with E-state index in [9.17, 15) is 0 Å². The zero-order valence-corrected chi connectivity index (χ0v) is 15.7. The van der Waals surface area contributed by atoms with Gasteiger partial charge in [-0.15, -0.1) is 10.2 Å². The Morgan fingerprint density at radius 1 is 1.16 bits per heavy atom. The molecule has 0 spiro atoms. The van der Waals surface area contributed by atoms with Gasteiger partial charge in [0.1, 0.15) is 12.4 Å². The van der Waals surface area contributed by atoms with Crippen LogP contribution in [0.2, 0.25) is 0 Å². The number of rotatable bonds is 5. The number of hydrogen-bond acceptors (Lipinski definition) is 4. The topological polar surface area (TPSA) is 67.6 Å². The molecule has 7 heteroatoms. The van der Waals surface area contributed by atoms with Gasteiger partial charge in [-0.25, -0.2) is 4.99 Å². The van der Waals surface area contributed by atoms with Crippen LogP contribution in [0.5, 0.6) is 0 Å². The fourth-order valence-corrected chi connectivity index (χ4v) is 3.70. The molecule has 1 aromatic heterocycles. The number of aliphatic imine (C=N–C) groups is 1. The zero-order chi connectivity index (χ0) is 17.5. The van der Waals surface area contributed by atoms with Crippen molar-refractivity contribution < 1.29 is 4.74 Å². The Morgan fingerprint density at radius 2 is 2.00 bits per heavy atom. The third kappa shape index (κ3) is 4.71. The van der Waals surface area contributed by atoms with Gasteiger partial charge in [0, 0.05) is 39.2 Å². The zero-order valence-electron chi connectivity index (χ0n) is 15.7. The summed E-state index contributed by atoms with van der Waals surface area (Å²) in [4.78, 5) is 7.20. The predicted molar refractivity (Wildman–Crippen MR) is 98.6 cm³/mol. The molecule has 1 fully saturated rings. The maximum absolute atomic E-state index is 5.76. The maximum Gasteiger partial charge on any atom is 0.194 e. The van der Waals surface area contributed by atoms with E-state index in [1.165, 1.54) is 19.3 Å². The van der Waals surface area contributed by atoms with Gasteiger partial charge < -0.3 is 19.5 Å². The number of nitrogens with one attached hydrogen (secondary N) is 1. The van der Waals surface area contributed by atoms with Gasteiger partial charge in [0.2, 0.25) is 0 Å². The number of hydrogen-bond donors (Lipinski definition) is 1. The summed E-state index contributed by atoms with van der Waals surface area (Å²) >= 11 is 0. The van der Waals surface area contributed by atoms with Crippen LogP contribution in [0.25, 0.3) is 0 Å². The minimum atomic E-state index is 0.399. The number of piperidine rings is 1. The summed E-state index contributed by atoms with van der Waals surface area (Å²) in [5.74, 6) is 3.12. The van der Waals surface area contributed by atoms with Crippen LogP contribution < -0.4 is 5.32 Å². The Labute approximate surface area is 150 Å². The van der Waals surface area contributed by atoms with Crippen LogP contribution in [-0.4, -0.2) is 58.0 Å². The minimum Gasteiger partial charge on any atom is -0.378 e. The smallest absolute Gasteiger partial charge is 0.194 e. The normalized spacial score (nSPS) is 19.6. The molecule has 0 bridgehead atoms. The maximum atomic E-state index is 5.76. The van der Waals surface area contributed by atoms with Crippen molar-refractivity contribution in [3.8, 4) is 0 Å². The van der Waals surface area contributed by atoms with E-state index in [0.29, 0.717) is 12.6 Å². The van der Waals surface area contributed by atoms with Crippen molar-refractivity contribution in [3.63, 3.8) is 0 Å². The summed E-state index contributed by atoms with van der Waals surface area (Å²) in [7, 11) is 0. The van der Waals surface area contributed by atoms with Crippen molar-refractivity contribution in [2.24, 2.45) is 4.99 Å². The molecule has 7 nitrogen and oxygen atoms in total. The highest BCUT2D eigenvalue weighted by atomic mass is 16.5. The SMILES string of the molecule is CCNC(=NCc1nnc2n1CCCCC2)N1CCC(OCC)CC1. The van der Waals surface area contributed by atoms with E-state index in [-0.39, 0.29) is 0 Å². The third-order valence-electron chi connectivity index (χ3n) is 5.04. The van der Waals surface area contributed by atoms with E-state index in [1.807, 2.05) is 0 Å². The first-order chi connectivity index (χ1) is 12.3. The Kier molecular flexibility index (Phi) is 6.67. The van der Waals surface area contributed by atoms with Gasteiger partial charge in [-0.1, -0.05) is 6.42 Å². The number of aromatic nitrogens is 3. The second kappa shape index (κ2) is 9.17. The van der Waals surface area contributed by atoms with Crippen molar-refractivity contribution in [1.82, 2.24) is 25.0 Å². The standard InChI is InChI=1S/C18H32N6O/c1-3-19-18(23-12-9-15(10-13-23)25-4-2)20-14-17-22-21-16-8-6-5-7-11-24(16)17/h15H,3-14H2,1-2H3,(H,19,20). The van der Waals surface area contributed by atoms with Gasteiger partial charge in [0.15, 0.2) is 11.8 Å². The number of aryl methyl sites for hydroxylation is 1. The lowest BCUT2D eigenvalue weighted by Crippen LogP contribution is -2.47. The van der Waals surface area contributed by atoms with Crippen LogP contribution in [0.4, 0.5) is 0 Å². The van der Waals surface area contributed by atoms with E-state index in [2.05, 4.69) is 38.8 Å². The summed E-state index contributed by atoms with van der Waals surface area (Å²) in [5, 5.41) is 12.2. The third-order valence-corrected chi connectivity index (χ3v) is 5.04. The van der Waals surface area contributed by atoms with Crippen molar-refractivity contribution in [2.75, 3.05) is 26.2 Å². The summed E-state index contributed by atoms with van der Waals surface area (Å²) in [6.07, 6.45) is 7.30. The molecule has 0 amide bonds. The molecule has 140 valence electrons. The molecule has 3 heterocycles. The van der Waals surface area contributed by atoms with Gasteiger partial charge in [0.25, 0.3) is 0 Å². The highest BCUT2D eigenvalue weighted by Crippen LogP contribution is 2.16. The summed E-state index contributed by atoms with van der Waals surface area (Å²) in [6, 6.07) is 0. The van der Waals surface area contributed by atoms with Gasteiger partial charge in [-0.3, -0.25) is 0 Å². The van der Waals surface area contributed by atoms with Crippen molar-refractivity contribution in [2.45, 2.75) is 71.6 Å². The Bertz CT molecular complexity index is 562. The molecule has 0 atom stereocenters. The number of ether oxygens (including phenoxy) is 1. The lowest BCUT2D eigenvalue weighted by molar-refractivity contribution is 0.0263. The molecule has 0 radical (unpaired) electrons. The lowest BCUT2D eigenvalue weighted by atomic mass is 10.1. The molecule has 0 saturated carbocycles. The number of guanidine groups is 1. The molecule has 2 aliphatic rings. The van der Waals surface area contributed by atoms with Crippen molar-refractivity contribution in [3.05, 3.63) is 11.6 Å². The Hall–Kier alpha value is -1.63. The average Bonchev–Trinajstić information content (AvgIpc) is 2.86. The van der Waals surface area contributed by atoms with E-state index in [0.717, 1.165) is 69.7 Å². The van der Waals surface area contributed by atoms with Crippen LogP contribution in [0.3, 0.4) is 0 Å². The van der Waals surface area contributed by atoms with Crippen LogP contribution in [0, 0.1) is 0 Å². The fraction of sp³-hybridized carbons (Fsp3) is 0.833. The quantitative estimate of drug-likeness (QED) is 0.651. The summed E-state index contributed by atoms with van der Waals surface area (Å²) in [6.45, 7) is 9.48. The molecular weight excluding hydrogens is 316 g/mol. The highest BCUT2D eigenvalue weighted by Gasteiger charge is 2.22. The Morgan fingerprint density at radius 3 is 2.76 bits per heavy atom. The van der Waals surface area contributed by atoms with Crippen LogP contribution in [0.1, 0.15) is 57.6 Å². The van der Waals surface area contributed by atoms with E-state index < -0.39 is 0 Å². The van der Waals surface area contributed by atoms with Gasteiger partial charge in [0.05, 0.1) is 6.10 Å². The fourth-order valence-electron chi connectivity index (χ4n) is 3.70. The molecule has 0 aliphatic carbocycles. The van der Waals surface area contributed by atoms with Crippen molar-refractivity contribution >= 4 is 5.96 Å². The number of nitrogens with zero attached hydrogens (tertiary/aromatic N) is 5. The van der Waals surface area contributed by atoms with E-state index >= 15 is 0 Å². The Balaban J connectivity index is 1.64. The second-order valence-electron chi connectivity index (χ2n) is 6.81. The van der Waals surface area contributed by atoms with Crippen LogP contribution >= 0.6 is 0 Å². The average molecular weight is 348 g/mol. The van der Waals surface area contributed by atoms with Gasteiger partial charge >= 0.3 is 0 Å². The molecule has 0 unspecified atom stereocenters. The van der Waals surface area contributed by atoms with Crippen LogP contribution in [-0.2, 0) is 24.2 Å². The molecule has 25 heavy (non-hydrogen) atoms. The van der Waals surface area contributed by atoms with Gasteiger partial charge in [-0.2, -0.15) is 0 Å². The highest BCUT2D eigenvalue weighted by molar-refractivity contribution is 5.80. The van der Waals surface area contributed by atoms with E-state index in [1.54, 1.807) is 0 Å². The minimum absolute atomic E-state index is 0.399. The molecule has 3 rings (SSSR count). The molecule has 1 N–H and O–H groups in total. The number of fused-ring (bicyclic) bond motifs is 1. The van der Waals surface area contributed by atoms with E-state index in [4.69, 9.17) is 9.73 Å². The second-order valence-corrected chi connectivity index (χ2v) is 6.81. The first-order valence-electron chi connectivity index (χ1n) is 9.87. The predicted octanol–water partition coefficient (Wildman–Crippen LogP) is 1.97. The molecule has 1 aromatic rings. The summed E-state index contributed by atoms with van der Waals surface area (Å²) in [5.41, 5.74) is 0. The molecule has 0 aromatic carbocycles. The largest absolute Gasteiger partial charge is 0.378 e. The number of likely N-dealkylation sites (tertiary alicyclic amines) is 1. The van der Waals surface area contributed by atoms with Crippen LogP contribution in [0.15, 0.2) is 4.99 Å². The summed E-state index contributed by atoms with van der Waals surface area (Å²) < 4.78 is 8.03. The molecule has 2 aliphatic heterocycles. The first kappa shape index (κ1) is 18.2. The lowest BCUT2D eigenvalue weighted by Gasteiger charge is -2.34. The van der Waals surface area contributed by atoms with Crippen molar-refractivity contribution in [1.29, 1.82) is 0 Å². The van der Waals surface area contributed by atoms with Gasteiger partial charge in [-0.05, 0) is 39.5 Å². The first-order valence-corrected chi connectivity index (χ1v) is 9.87.